The molecule has 1 aromatic carbocycles. The van der Waals surface area contributed by atoms with Crippen molar-refractivity contribution in [3.63, 3.8) is 0 Å². The molecule has 1 aromatic rings. The summed E-state index contributed by atoms with van der Waals surface area (Å²) in [6.45, 7) is 9.85. The number of nitrogens with zero attached hydrogens (tertiary/aromatic N) is 1. The summed E-state index contributed by atoms with van der Waals surface area (Å²) in [5, 5.41) is 19.7. The van der Waals surface area contributed by atoms with Gasteiger partial charge >= 0.3 is 0 Å². The van der Waals surface area contributed by atoms with Gasteiger partial charge in [0, 0.05) is 13.1 Å². The fraction of sp³-hybridized carbons (Fsp3) is 0.684. The summed E-state index contributed by atoms with van der Waals surface area (Å²) in [4.78, 5) is 2.48. The maximum absolute atomic E-state index is 9.90. The maximum Gasteiger partial charge on any atom is 0.115 e. The van der Waals surface area contributed by atoms with E-state index in [4.69, 9.17) is 0 Å². The van der Waals surface area contributed by atoms with Gasteiger partial charge in [0.25, 0.3) is 0 Å². The monoisotopic (exact) mass is 341 g/mol. The highest BCUT2D eigenvalue weighted by atomic mass is 35.5. The standard InChI is InChI=1S/C19H31NO2.ClH/c1-4-6-17(21)9-11-20-12-10-19(3,15(2)14-20)16-7-5-8-18(22)13-16;/h5,7-8,13,15,17,21-22H,4,6,9-12,14H2,1-3H3;1H/t15-,17+,19-;/m0./s1. The number of rotatable bonds is 6. The zero-order valence-electron chi connectivity index (χ0n) is 14.7. The third-order valence-electron chi connectivity index (χ3n) is 5.47. The normalized spacial score (nSPS) is 26.5. The number of piperidine rings is 1. The number of aliphatic hydroxyl groups is 1. The van der Waals surface area contributed by atoms with Gasteiger partial charge in [-0.25, -0.2) is 0 Å². The molecule has 1 fully saturated rings. The van der Waals surface area contributed by atoms with Crippen LogP contribution in [-0.4, -0.2) is 40.9 Å². The minimum atomic E-state index is -0.153. The molecule has 0 radical (unpaired) electrons. The van der Waals surface area contributed by atoms with Crippen LogP contribution >= 0.6 is 12.4 Å². The van der Waals surface area contributed by atoms with Crippen LogP contribution in [0.3, 0.4) is 0 Å². The first-order chi connectivity index (χ1) is 10.5. The molecule has 23 heavy (non-hydrogen) atoms. The predicted octanol–water partition coefficient (Wildman–Crippen LogP) is 3.96. The Balaban J connectivity index is 0.00000264. The van der Waals surface area contributed by atoms with Crippen molar-refractivity contribution < 1.29 is 10.2 Å². The summed E-state index contributed by atoms with van der Waals surface area (Å²) in [6, 6.07) is 7.73. The van der Waals surface area contributed by atoms with E-state index < -0.39 is 0 Å². The molecule has 0 aromatic heterocycles. The highest BCUT2D eigenvalue weighted by Gasteiger charge is 2.37. The first kappa shape index (κ1) is 20.3. The number of phenols is 1. The molecule has 0 spiro atoms. The van der Waals surface area contributed by atoms with E-state index in [9.17, 15) is 10.2 Å². The molecule has 1 aliphatic rings. The van der Waals surface area contributed by atoms with Crippen LogP contribution in [0.25, 0.3) is 0 Å². The van der Waals surface area contributed by atoms with Gasteiger partial charge in [0.15, 0.2) is 0 Å². The number of phenolic OH excluding ortho intramolecular Hbond substituents is 1. The summed E-state index contributed by atoms with van der Waals surface area (Å²) in [5.41, 5.74) is 1.36. The van der Waals surface area contributed by atoms with Gasteiger partial charge in [-0.1, -0.05) is 39.3 Å². The lowest BCUT2D eigenvalue weighted by atomic mass is 9.68. The Labute approximate surface area is 147 Å². The van der Waals surface area contributed by atoms with Crippen LogP contribution in [0.2, 0.25) is 0 Å². The number of benzene rings is 1. The van der Waals surface area contributed by atoms with Crippen LogP contribution in [0.4, 0.5) is 0 Å². The van der Waals surface area contributed by atoms with Crippen molar-refractivity contribution in [1.29, 1.82) is 0 Å². The summed E-state index contributed by atoms with van der Waals surface area (Å²) >= 11 is 0. The summed E-state index contributed by atoms with van der Waals surface area (Å²) in [6.07, 6.45) is 3.78. The minimum Gasteiger partial charge on any atom is -0.508 e. The van der Waals surface area contributed by atoms with Gasteiger partial charge in [0.1, 0.15) is 5.75 Å². The van der Waals surface area contributed by atoms with Crippen molar-refractivity contribution >= 4 is 12.4 Å². The second kappa shape index (κ2) is 8.91. The number of halogens is 1. The zero-order valence-corrected chi connectivity index (χ0v) is 15.5. The molecule has 4 heteroatoms. The van der Waals surface area contributed by atoms with Crippen molar-refractivity contribution in [2.45, 2.75) is 58.0 Å². The molecule has 0 unspecified atom stereocenters. The number of aromatic hydroxyl groups is 1. The van der Waals surface area contributed by atoms with Crippen molar-refractivity contribution in [1.82, 2.24) is 4.90 Å². The molecule has 3 atom stereocenters. The third-order valence-corrected chi connectivity index (χ3v) is 5.47. The number of hydrogen-bond acceptors (Lipinski definition) is 3. The van der Waals surface area contributed by atoms with E-state index in [2.05, 4.69) is 31.7 Å². The van der Waals surface area contributed by atoms with Crippen molar-refractivity contribution in [2.24, 2.45) is 5.92 Å². The Hall–Kier alpha value is -0.770. The lowest BCUT2D eigenvalue weighted by Crippen LogP contribution is -2.47. The number of aliphatic hydroxyl groups excluding tert-OH is 1. The van der Waals surface area contributed by atoms with E-state index in [0.717, 1.165) is 45.3 Å². The highest BCUT2D eigenvalue weighted by molar-refractivity contribution is 5.85. The van der Waals surface area contributed by atoms with Gasteiger partial charge in [-0.3, -0.25) is 0 Å². The fourth-order valence-corrected chi connectivity index (χ4v) is 3.62. The molecular formula is C19H32ClNO2. The van der Waals surface area contributed by atoms with E-state index in [0.29, 0.717) is 11.7 Å². The third kappa shape index (κ3) is 5.10. The van der Waals surface area contributed by atoms with E-state index >= 15 is 0 Å². The van der Waals surface area contributed by atoms with Gasteiger partial charge in [0.05, 0.1) is 6.10 Å². The second-order valence-corrected chi connectivity index (χ2v) is 7.15. The molecule has 1 saturated heterocycles. The Morgan fingerprint density at radius 3 is 2.70 bits per heavy atom. The van der Waals surface area contributed by atoms with Crippen LogP contribution in [-0.2, 0) is 5.41 Å². The average Bonchev–Trinajstić information content (AvgIpc) is 2.49. The Bertz CT molecular complexity index is 482. The Morgan fingerprint density at radius 1 is 1.35 bits per heavy atom. The van der Waals surface area contributed by atoms with Gasteiger partial charge in [-0.2, -0.15) is 0 Å². The van der Waals surface area contributed by atoms with E-state index in [1.54, 1.807) is 6.07 Å². The van der Waals surface area contributed by atoms with Gasteiger partial charge in [-0.05, 0) is 54.8 Å². The average molecular weight is 342 g/mol. The highest BCUT2D eigenvalue weighted by Crippen LogP contribution is 2.40. The summed E-state index contributed by atoms with van der Waals surface area (Å²) in [7, 11) is 0. The topological polar surface area (TPSA) is 43.7 Å². The second-order valence-electron chi connectivity index (χ2n) is 7.15. The van der Waals surface area contributed by atoms with Gasteiger partial charge in [-0.15, -0.1) is 12.4 Å². The minimum absolute atomic E-state index is 0. The van der Waals surface area contributed by atoms with Crippen LogP contribution in [0.1, 0.15) is 52.0 Å². The molecule has 0 bridgehead atoms. The van der Waals surface area contributed by atoms with E-state index in [1.807, 2.05) is 12.1 Å². The first-order valence-corrected chi connectivity index (χ1v) is 8.65. The van der Waals surface area contributed by atoms with Gasteiger partial charge < -0.3 is 15.1 Å². The van der Waals surface area contributed by atoms with Crippen LogP contribution in [0.15, 0.2) is 24.3 Å². The largest absolute Gasteiger partial charge is 0.508 e. The maximum atomic E-state index is 9.90. The number of hydrogen-bond donors (Lipinski definition) is 2. The Morgan fingerprint density at radius 2 is 2.09 bits per heavy atom. The van der Waals surface area contributed by atoms with E-state index in [-0.39, 0.29) is 23.9 Å². The van der Waals surface area contributed by atoms with Crippen LogP contribution in [0, 0.1) is 5.92 Å². The molecule has 1 heterocycles. The quantitative estimate of drug-likeness (QED) is 0.823. The lowest BCUT2D eigenvalue weighted by Gasteiger charge is -2.45. The predicted molar refractivity (Wildman–Crippen MR) is 98.5 cm³/mol. The summed E-state index contributed by atoms with van der Waals surface area (Å²) < 4.78 is 0. The fourth-order valence-electron chi connectivity index (χ4n) is 3.62. The number of likely N-dealkylation sites (tertiary alicyclic amines) is 1. The first-order valence-electron chi connectivity index (χ1n) is 8.65. The smallest absolute Gasteiger partial charge is 0.115 e. The molecule has 132 valence electrons. The Kier molecular flexibility index (Phi) is 7.85. The van der Waals surface area contributed by atoms with Gasteiger partial charge in [0.2, 0.25) is 0 Å². The summed E-state index contributed by atoms with van der Waals surface area (Å²) in [5.74, 6) is 0.891. The molecule has 0 saturated carbocycles. The van der Waals surface area contributed by atoms with Crippen molar-refractivity contribution in [3.05, 3.63) is 29.8 Å². The van der Waals surface area contributed by atoms with E-state index in [1.165, 1.54) is 5.56 Å². The molecule has 2 rings (SSSR count). The zero-order chi connectivity index (χ0) is 16.2. The van der Waals surface area contributed by atoms with Crippen LogP contribution in [0.5, 0.6) is 5.75 Å². The van der Waals surface area contributed by atoms with Crippen LogP contribution < -0.4 is 0 Å². The lowest BCUT2D eigenvalue weighted by molar-refractivity contribution is 0.0840. The SMILES string of the molecule is CCC[C@@H](O)CCN1CC[C@](C)(c2cccc(O)c2)[C@@H](C)C1.Cl. The van der Waals surface area contributed by atoms with Crippen molar-refractivity contribution in [3.8, 4) is 5.75 Å². The molecule has 1 aliphatic heterocycles. The molecule has 3 nitrogen and oxygen atoms in total. The molecule has 0 amide bonds. The molecule has 2 N–H and O–H groups in total. The molecule has 0 aliphatic carbocycles. The van der Waals surface area contributed by atoms with Crippen molar-refractivity contribution in [2.75, 3.05) is 19.6 Å². The molecular weight excluding hydrogens is 310 g/mol.